The van der Waals surface area contributed by atoms with Crippen molar-refractivity contribution in [2.24, 2.45) is 5.73 Å². The van der Waals surface area contributed by atoms with E-state index in [0.29, 0.717) is 25.0 Å². The number of methoxy groups -OCH3 is 1. The molecule has 7 heteroatoms. The summed E-state index contributed by atoms with van der Waals surface area (Å²) >= 11 is 0. The second kappa shape index (κ2) is 7.47. The molecule has 4 nitrogen and oxygen atoms in total. The first-order chi connectivity index (χ1) is 9.31. The van der Waals surface area contributed by atoms with Crippen LogP contribution in [0.4, 0.5) is 13.2 Å². The van der Waals surface area contributed by atoms with Crippen molar-refractivity contribution in [2.45, 2.75) is 31.3 Å². The number of aliphatic hydroxyl groups excluding tert-OH is 1. The van der Waals surface area contributed by atoms with E-state index in [1.54, 1.807) is 7.11 Å². The van der Waals surface area contributed by atoms with Crippen LogP contribution in [0.1, 0.15) is 24.5 Å². The molecule has 20 heavy (non-hydrogen) atoms. The predicted molar refractivity (Wildman–Crippen MR) is 67.2 cm³/mol. The zero-order valence-electron chi connectivity index (χ0n) is 11.1. The fraction of sp³-hybridized carbons (Fsp3) is 0.538. The van der Waals surface area contributed by atoms with Crippen LogP contribution in [0, 0.1) is 0 Å². The Kier molecular flexibility index (Phi) is 6.25. The maximum Gasteiger partial charge on any atom is 0.573 e. The average Bonchev–Trinajstić information content (AvgIpc) is 2.35. The van der Waals surface area contributed by atoms with Gasteiger partial charge in [-0.15, -0.1) is 13.2 Å². The van der Waals surface area contributed by atoms with Crippen molar-refractivity contribution < 1.29 is 27.8 Å². The Bertz CT molecular complexity index is 395. The van der Waals surface area contributed by atoms with E-state index in [1.807, 2.05) is 0 Å². The zero-order valence-corrected chi connectivity index (χ0v) is 11.1. The third-order valence-electron chi connectivity index (χ3n) is 2.72. The predicted octanol–water partition coefficient (Wildman–Crippen LogP) is 2.37. The van der Waals surface area contributed by atoms with E-state index in [1.165, 1.54) is 12.1 Å². The molecule has 0 aliphatic heterocycles. The molecule has 0 saturated carbocycles. The number of nitrogens with two attached hydrogens (primary N) is 1. The van der Waals surface area contributed by atoms with Crippen LogP contribution in [0.15, 0.2) is 24.3 Å². The molecule has 1 rings (SSSR count). The van der Waals surface area contributed by atoms with Crippen LogP contribution >= 0.6 is 0 Å². The van der Waals surface area contributed by atoms with Crippen LogP contribution in [-0.4, -0.2) is 31.2 Å². The Morgan fingerprint density at radius 2 is 1.85 bits per heavy atom. The molecular formula is C13H18F3NO3. The lowest BCUT2D eigenvalue weighted by Crippen LogP contribution is -2.24. The van der Waals surface area contributed by atoms with Gasteiger partial charge in [0, 0.05) is 19.8 Å². The van der Waals surface area contributed by atoms with Crippen molar-refractivity contribution in [2.75, 3.05) is 13.7 Å². The SMILES string of the molecule is COCCC(N)CC(O)c1ccc(OC(F)(F)F)cc1. The van der Waals surface area contributed by atoms with Crippen molar-refractivity contribution in [3.63, 3.8) is 0 Å². The van der Waals surface area contributed by atoms with E-state index in [9.17, 15) is 18.3 Å². The van der Waals surface area contributed by atoms with E-state index in [0.717, 1.165) is 12.1 Å². The molecule has 0 heterocycles. The van der Waals surface area contributed by atoms with Crippen molar-refractivity contribution in [1.82, 2.24) is 0 Å². The minimum absolute atomic E-state index is 0.240. The van der Waals surface area contributed by atoms with Gasteiger partial charge in [-0.3, -0.25) is 0 Å². The monoisotopic (exact) mass is 293 g/mol. The molecule has 0 saturated heterocycles. The third kappa shape index (κ3) is 6.23. The van der Waals surface area contributed by atoms with Gasteiger partial charge in [-0.2, -0.15) is 0 Å². The second-order valence-corrected chi connectivity index (χ2v) is 4.41. The summed E-state index contributed by atoms with van der Waals surface area (Å²) in [5, 5.41) is 9.93. The molecule has 0 bridgehead atoms. The molecule has 0 aromatic heterocycles. The number of rotatable bonds is 7. The van der Waals surface area contributed by atoms with Gasteiger partial charge >= 0.3 is 6.36 Å². The molecule has 0 aliphatic carbocycles. The minimum Gasteiger partial charge on any atom is -0.406 e. The topological polar surface area (TPSA) is 64.7 Å². The fourth-order valence-electron chi connectivity index (χ4n) is 1.70. The largest absolute Gasteiger partial charge is 0.573 e. The van der Waals surface area contributed by atoms with Gasteiger partial charge < -0.3 is 20.3 Å². The maximum atomic E-state index is 12.0. The molecule has 1 aromatic rings. The number of aliphatic hydroxyl groups is 1. The maximum absolute atomic E-state index is 12.0. The molecule has 2 atom stereocenters. The van der Waals surface area contributed by atoms with Crippen molar-refractivity contribution in [3.05, 3.63) is 29.8 Å². The Balaban J connectivity index is 2.55. The Morgan fingerprint density at radius 1 is 1.25 bits per heavy atom. The first-order valence-corrected chi connectivity index (χ1v) is 6.10. The van der Waals surface area contributed by atoms with Gasteiger partial charge in [0.1, 0.15) is 5.75 Å². The van der Waals surface area contributed by atoms with Crippen LogP contribution in [0.3, 0.4) is 0 Å². The van der Waals surface area contributed by atoms with Crippen molar-refractivity contribution >= 4 is 0 Å². The van der Waals surface area contributed by atoms with Crippen LogP contribution < -0.4 is 10.5 Å². The number of ether oxygens (including phenoxy) is 2. The molecule has 0 spiro atoms. The van der Waals surface area contributed by atoms with E-state index in [-0.39, 0.29) is 11.8 Å². The lowest BCUT2D eigenvalue weighted by molar-refractivity contribution is -0.274. The molecule has 1 aromatic carbocycles. The number of benzene rings is 1. The van der Waals surface area contributed by atoms with Gasteiger partial charge in [0.15, 0.2) is 0 Å². The summed E-state index contributed by atoms with van der Waals surface area (Å²) in [6.45, 7) is 0.492. The lowest BCUT2D eigenvalue weighted by atomic mass is 10.0. The highest BCUT2D eigenvalue weighted by Gasteiger charge is 2.31. The van der Waals surface area contributed by atoms with E-state index in [2.05, 4.69) is 4.74 Å². The van der Waals surface area contributed by atoms with Crippen molar-refractivity contribution in [3.8, 4) is 5.75 Å². The van der Waals surface area contributed by atoms with Gasteiger partial charge in [-0.25, -0.2) is 0 Å². The van der Waals surface area contributed by atoms with Crippen molar-refractivity contribution in [1.29, 1.82) is 0 Å². The summed E-state index contributed by atoms with van der Waals surface area (Å²) in [5.41, 5.74) is 6.29. The second-order valence-electron chi connectivity index (χ2n) is 4.41. The smallest absolute Gasteiger partial charge is 0.406 e. The minimum atomic E-state index is -4.72. The van der Waals surface area contributed by atoms with E-state index in [4.69, 9.17) is 10.5 Å². The number of hydrogen-bond acceptors (Lipinski definition) is 4. The number of halogens is 3. The molecule has 3 N–H and O–H groups in total. The number of alkyl halides is 3. The van der Waals surface area contributed by atoms with Crippen LogP contribution in [0.25, 0.3) is 0 Å². The number of hydrogen-bond donors (Lipinski definition) is 2. The summed E-state index contributed by atoms with van der Waals surface area (Å²) < 4.78 is 44.6. The van der Waals surface area contributed by atoms with Gasteiger partial charge in [0.2, 0.25) is 0 Å². The summed E-state index contributed by atoms with van der Waals surface area (Å²) in [5.74, 6) is -0.322. The summed E-state index contributed by atoms with van der Waals surface area (Å²) in [6.07, 6.45) is -4.64. The Labute approximate surface area is 115 Å². The molecule has 114 valence electrons. The Morgan fingerprint density at radius 3 is 2.35 bits per heavy atom. The molecule has 0 amide bonds. The van der Waals surface area contributed by atoms with Crippen LogP contribution in [0.5, 0.6) is 5.75 Å². The summed E-state index contributed by atoms with van der Waals surface area (Å²) in [7, 11) is 1.56. The standard InChI is InChI=1S/C13H18F3NO3/c1-19-7-6-10(17)8-12(18)9-2-4-11(5-3-9)20-13(14,15)16/h2-5,10,12,18H,6-8,17H2,1H3. The third-order valence-corrected chi connectivity index (χ3v) is 2.72. The average molecular weight is 293 g/mol. The van der Waals surface area contributed by atoms with E-state index < -0.39 is 12.5 Å². The zero-order chi connectivity index (χ0) is 15.2. The molecular weight excluding hydrogens is 275 g/mol. The first kappa shape index (κ1) is 16.7. The van der Waals surface area contributed by atoms with Gasteiger partial charge in [0.05, 0.1) is 6.10 Å². The fourth-order valence-corrected chi connectivity index (χ4v) is 1.70. The first-order valence-electron chi connectivity index (χ1n) is 6.10. The summed E-state index contributed by atoms with van der Waals surface area (Å²) in [4.78, 5) is 0. The van der Waals surface area contributed by atoms with E-state index >= 15 is 0 Å². The molecule has 0 radical (unpaired) electrons. The molecule has 0 aliphatic rings. The highest BCUT2D eigenvalue weighted by atomic mass is 19.4. The molecule has 2 unspecified atom stereocenters. The Hall–Kier alpha value is -1.31. The quantitative estimate of drug-likeness (QED) is 0.810. The van der Waals surface area contributed by atoms with Crippen LogP contribution in [0.2, 0.25) is 0 Å². The molecule has 0 fully saturated rings. The van der Waals surface area contributed by atoms with Gasteiger partial charge in [0.25, 0.3) is 0 Å². The highest BCUT2D eigenvalue weighted by molar-refractivity contribution is 5.28. The van der Waals surface area contributed by atoms with Crippen LogP contribution in [-0.2, 0) is 4.74 Å². The van der Waals surface area contributed by atoms with Gasteiger partial charge in [-0.1, -0.05) is 12.1 Å². The normalized spacial score (nSPS) is 14.9. The lowest BCUT2D eigenvalue weighted by Gasteiger charge is -2.17. The highest BCUT2D eigenvalue weighted by Crippen LogP contribution is 2.25. The summed E-state index contributed by atoms with van der Waals surface area (Å²) in [6, 6.07) is 4.85. The van der Waals surface area contributed by atoms with Gasteiger partial charge in [-0.05, 0) is 30.5 Å².